The fourth-order valence-corrected chi connectivity index (χ4v) is 12.3. The third-order valence-electron chi connectivity index (χ3n) is 14.9. The van der Waals surface area contributed by atoms with Crippen LogP contribution in [0.5, 0.6) is 0 Å². The standard InChI is InChI=1S/C41H60O4/c1-24(2)30-20-26-11-13-34-38(5,15-9-17-40(34,7)36(42)43)32(26)22-28(30)19-29-23-33-27(21-31(29)25(3)4)12-14-35-39(33,6)16-10-18-41(35,8)37(44)45/h20,22,24-25,29,31,34-35H,9-19,21,23H2,1-8H3,(H,42,43)(H,44,45). The van der Waals surface area contributed by atoms with Crippen molar-refractivity contribution in [3.05, 3.63) is 45.5 Å². The lowest BCUT2D eigenvalue weighted by molar-refractivity contribution is -0.159. The Balaban J connectivity index is 1.39. The van der Waals surface area contributed by atoms with Gasteiger partial charge < -0.3 is 10.2 Å². The Labute approximate surface area is 272 Å². The van der Waals surface area contributed by atoms with Crippen LogP contribution in [-0.4, -0.2) is 22.2 Å². The molecule has 45 heavy (non-hydrogen) atoms. The van der Waals surface area contributed by atoms with Gasteiger partial charge in [-0.3, -0.25) is 9.59 Å². The second-order valence-electron chi connectivity index (χ2n) is 17.9. The number of carbonyl (C=O) groups is 2. The zero-order valence-corrected chi connectivity index (χ0v) is 29.5. The first-order valence-corrected chi connectivity index (χ1v) is 18.4. The predicted octanol–water partition coefficient (Wildman–Crippen LogP) is 10.1. The van der Waals surface area contributed by atoms with E-state index in [-0.39, 0.29) is 22.7 Å². The largest absolute Gasteiger partial charge is 0.481 e. The van der Waals surface area contributed by atoms with Gasteiger partial charge >= 0.3 is 11.9 Å². The van der Waals surface area contributed by atoms with Crippen LogP contribution in [0.2, 0.25) is 0 Å². The number of hydrogen-bond donors (Lipinski definition) is 2. The Kier molecular flexibility index (Phi) is 8.21. The molecule has 8 atom stereocenters. The van der Waals surface area contributed by atoms with Crippen molar-refractivity contribution in [2.45, 2.75) is 150 Å². The molecule has 0 aromatic heterocycles. The van der Waals surface area contributed by atoms with Crippen LogP contribution in [0.4, 0.5) is 0 Å². The topological polar surface area (TPSA) is 74.6 Å². The van der Waals surface area contributed by atoms with Crippen molar-refractivity contribution in [2.24, 2.45) is 45.8 Å². The predicted molar refractivity (Wildman–Crippen MR) is 181 cm³/mol. The van der Waals surface area contributed by atoms with Gasteiger partial charge in [0.2, 0.25) is 0 Å². The van der Waals surface area contributed by atoms with Crippen LogP contribution in [0.3, 0.4) is 0 Å². The van der Waals surface area contributed by atoms with Crippen LogP contribution in [-0.2, 0) is 27.8 Å². The van der Waals surface area contributed by atoms with Crippen molar-refractivity contribution in [3.63, 3.8) is 0 Å². The number of carboxylic acid groups (broad SMARTS) is 2. The number of aryl methyl sites for hydroxylation is 1. The molecule has 248 valence electrons. The van der Waals surface area contributed by atoms with Gasteiger partial charge in [0.1, 0.15) is 0 Å². The van der Waals surface area contributed by atoms with E-state index < -0.39 is 22.8 Å². The van der Waals surface area contributed by atoms with E-state index in [2.05, 4.69) is 53.7 Å². The lowest BCUT2D eigenvalue weighted by Crippen LogP contribution is -2.52. The molecule has 0 bridgehead atoms. The molecule has 2 N–H and O–H groups in total. The lowest BCUT2D eigenvalue weighted by Gasteiger charge is -2.57. The van der Waals surface area contributed by atoms with Crippen LogP contribution in [0, 0.1) is 45.8 Å². The van der Waals surface area contributed by atoms with Crippen molar-refractivity contribution in [1.29, 1.82) is 0 Å². The highest BCUT2D eigenvalue weighted by molar-refractivity contribution is 5.76. The highest BCUT2D eigenvalue weighted by Gasteiger charge is 2.58. The lowest BCUT2D eigenvalue weighted by atomic mass is 9.47. The maximum absolute atomic E-state index is 12.7. The maximum atomic E-state index is 12.7. The molecule has 5 aliphatic carbocycles. The summed E-state index contributed by atoms with van der Waals surface area (Å²) in [7, 11) is 0. The minimum absolute atomic E-state index is 0.0139. The summed E-state index contributed by atoms with van der Waals surface area (Å²) in [6, 6.07) is 5.10. The fourth-order valence-electron chi connectivity index (χ4n) is 12.3. The Morgan fingerprint density at radius 1 is 0.800 bits per heavy atom. The molecule has 0 amide bonds. The average Bonchev–Trinajstić information content (AvgIpc) is 2.96. The number of fused-ring (bicyclic) bond motifs is 5. The highest BCUT2D eigenvalue weighted by Crippen LogP contribution is 2.64. The normalized spacial score (nSPS) is 39.6. The van der Waals surface area contributed by atoms with E-state index in [1.807, 2.05) is 13.8 Å². The molecule has 1 aromatic carbocycles. The first-order chi connectivity index (χ1) is 21.1. The average molecular weight is 617 g/mol. The van der Waals surface area contributed by atoms with Gasteiger partial charge in [0, 0.05) is 0 Å². The minimum atomic E-state index is -0.659. The van der Waals surface area contributed by atoms with Crippen LogP contribution >= 0.6 is 0 Å². The SMILES string of the molecule is CC(C)c1cc2c(cc1CC1CC3=C(CCC4C(C)(C(=O)O)CCCC34C)CC1C(C)C)C1(C)CCCC(C)(C(=O)O)C1CC2. The summed E-state index contributed by atoms with van der Waals surface area (Å²) < 4.78 is 0. The van der Waals surface area contributed by atoms with Gasteiger partial charge in [0.25, 0.3) is 0 Å². The molecule has 0 saturated heterocycles. The van der Waals surface area contributed by atoms with Gasteiger partial charge in [0.15, 0.2) is 0 Å². The number of aliphatic carboxylic acids is 2. The van der Waals surface area contributed by atoms with Gasteiger partial charge in [-0.15, -0.1) is 0 Å². The van der Waals surface area contributed by atoms with E-state index >= 15 is 0 Å². The van der Waals surface area contributed by atoms with E-state index in [9.17, 15) is 19.8 Å². The third kappa shape index (κ3) is 4.97. The molecule has 4 heteroatoms. The van der Waals surface area contributed by atoms with Gasteiger partial charge in [-0.05, 0) is 153 Å². The molecular weight excluding hydrogens is 556 g/mol. The first-order valence-electron chi connectivity index (χ1n) is 18.4. The number of rotatable bonds is 6. The molecule has 4 nitrogen and oxygen atoms in total. The second-order valence-corrected chi connectivity index (χ2v) is 17.9. The highest BCUT2D eigenvalue weighted by atomic mass is 16.4. The summed E-state index contributed by atoms with van der Waals surface area (Å²) in [6.45, 7) is 18.4. The van der Waals surface area contributed by atoms with E-state index in [1.165, 1.54) is 28.7 Å². The summed E-state index contributed by atoms with van der Waals surface area (Å²) in [6.07, 6.45) is 13.1. The molecule has 5 aliphatic rings. The molecule has 6 rings (SSSR count). The Bertz CT molecular complexity index is 1400. The second kappa shape index (κ2) is 11.3. The van der Waals surface area contributed by atoms with Crippen molar-refractivity contribution in [2.75, 3.05) is 0 Å². The zero-order chi connectivity index (χ0) is 32.7. The number of carboxylic acids is 2. The fraction of sp³-hybridized carbons (Fsp3) is 0.756. The molecule has 0 spiro atoms. The first kappa shape index (κ1) is 32.8. The van der Waals surface area contributed by atoms with Crippen molar-refractivity contribution < 1.29 is 19.8 Å². The van der Waals surface area contributed by atoms with E-state index in [1.54, 1.807) is 11.1 Å². The van der Waals surface area contributed by atoms with Crippen molar-refractivity contribution >= 4 is 11.9 Å². The van der Waals surface area contributed by atoms with Crippen LogP contribution in [0.25, 0.3) is 0 Å². The van der Waals surface area contributed by atoms with E-state index in [0.717, 1.165) is 77.0 Å². The van der Waals surface area contributed by atoms with E-state index in [4.69, 9.17) is 0 Å². The Morgan fingerprint density at radius 3 is 1.96 bits per heavy atom. The van der Waals surface area contributed by atoms with Crippen molar-refractivity contribution in [3.8, 4) is 0 Å². The molecule has 0 aliphatic heterocycles. The summed E-state index contributed by atoms with van der Waals surface area (Å²) in [5, 5.41) is 20.8. The number of allylic oxidation sites excluding steroid dienone is 2. The summed E-state index contributed by atoms with van der Waals surface area (Å²) >= 11 is 0. The number of hydrogen-bond acceptors (Lipinski definition) is 2. The summed E-state index contributed by atoms with van der Waals surface area (Å²) in [4.78, 5) is 25.3. The van der Waals surface area contributed by atoms with Gasteiger partial charge in [-0.1, -0.05) is 77.7 Å². The van der Waals surface area contributed by atoms with Gasteiger partial charge in [-0.2, -0.15) is 0 Å². The molecule has 2 fully saturated rings. The van der Waals surface area contributed by atoms with Crippen LogP contribution in [0.15, 0.2) is 23.3 Å². The summed E-state index contributed by atoms with van der Waals surface area (Å²) in [5.74, 6) is 1.37. The molecule has 0 radical (unpaired) electrons. The Morgan fingerprint density at radius 2 is 1.38 bits per heavy atom. The smallest absolute Gasteiger partial charge is 0.309 e. The molecule has 1 aromatic rings. The number of benzene rings is 1. The van der Waals surface area contributed by atoms with E-state index in [0.29, 0.717) is 23.7 Å². The van der Waals surface area contributed by atoms with Crippen molar-refractivity contribution in [1.82, 2.24) is 0 Å². The Hall–Kier alpha value is -2.10. The van der Waals surface area contributed by atoms with Gasteiger partial charge in [0.05, 0.1) is 10.8 Å². The zero-order valence-electron chi connectivity index (χ0n) is 29.5. The maximum Gasteiger partial charge on any atom is 0.309 e. The van der Waals surface area contributed by atoms with Crippen LogP contribution in [0.1, 0.15) is 154 Å². The molecule has 8 unspecified atom stereocenters. The molecule has 0 heterocycles. The van der Waals surface area contributed by atoms with Gasteiger partial charge in [-0.25, -0.2) is 0 Å². The minimum Gasteiger partial charge on any atom is -0.481 e. The monoisotopic (exact) mass is 616 g/mol. The van der Waals surface area contributed by atoms with Crippen LogP contribution < -0.4 is 0 Å². The molecular formula is C41H60O4. The summed E-state index contributed by atoms with van der Waals surface area (Å²) in [5.41, 5.74) is 7.77. The third-order valence-corrected chi connectivity index (χ3v) is 14.9. The molecule has 2 saturated carbocycles. The quantitative estimate of drug-likeness (QED) is 0.312.